The minimum absolute atomic E-state index is 0.0119. The Labute approximate surface area is 135 Å². The van der Waals surface area contributed by atoms with Crippen molar-refractivity contribution in [2.24, 2.45) is 0 Å². The van der Waals surface area contributed by atoms with Crippen LogP contribution in [-0.4, -0.2) is 35.0 Å². The third-order valence-electron chi connectivity index (χ3n) is 3.46. The molecule has 126 valence electrons. The highest BCUT2D eigenvalue weighted by Gasteiger charge is 2.29. The number of amides is 2. The van der Waals surface area contributed by atoms with Gasteiger partial charge in [0.25, 0.3) is 5.91 Å². The Kier molecular flexibility index (Phi) is 4.50. The second-order valence-electron chi connectivity index (χ2n) is 5.34. The Balaban J connectivity index is 1.46. The van der Waals surface area contributed by atoms with Crippen LogP contribution in [-0.2, 0) is 0 Å². The van der Waals surface area contributed by atoms with E-state index in [1.54, 1.807) is 0 Å². The summed E-state index contributed by atoms with van der Waals surface area (Å²) in [5.74, 6) is -2.73. The molecular weight excluding hydrogens is 322 g/mol. The van der Waals surface area contributed by atoms with Crippen LogP contribution in [0.1, 0.15) is 45.6 Å². The van der Waals surface area contributed by atoms with Gasteiger partial charge in [-0.2, -0.15) is 4.98 Å². The molecule has 1 fully saturated rings. The van der Waals surface area contributed by atoms with Gasteiger partial charge in [0.1, 0.15) is 17.2 Å². The van der Waals surface area contributed by atoms with Crippen LogP contribution < -0.4 is 10.6 Å². The molecule has 1 aliphatic rings. The van der Waals surface area contributed by atoms with Crippen molar-refractivity contribution in [1.29, 1.82) is 0 Å². The van der Waals surface area contributed by atoms with Crippen molar-refractivity contribution in [1.82, 2.24) is 20.8 Å². The average molecular weight is 336 g/mol. The van der Waals surface area contributed by atoms with Crippen LogP contribution in [0, 0.1) is 11.6 Å². The van der Waals surface area contributed by atoms with Crippen LogP contribution >= 0.6 is 0 Å². The number of rotatable bonds is 6. The molecule has 0 spiro atoms. The first-order valence-electron chi connectivity index (χ1n) is 7.40. The van der Waals surface area contributed by atoms with E-state index in [-0.39, 0.29) is 24.9 Å². The smallest absolute Gasteiger partial charge is 0.315 e. The topological polar surface area (TPSA) is 97.1 Å². The first-order valence-corrected chi connectivity index (χ1v) is 7.40. The Morgan fingerprint density at radius 1 is 1.12 bits per heavy atom. The highest BCUT2D eigenvalue weighted by molar-refractivity contribution is 5.94. The molecule has 2 amide bonds. The first kappa shape index (κ1) is 16.0. The van der Waals surface area contributed by atoms with Gasteiger partial charge in [0.2, 0.25) is 0 Å². The summed E-state index contributed by atoms with van der Waals surface area (Å²) in [6.07, 6.45) is 1.97. The van der Waals surface area contributed by atoms with Crippen LogP contribution in [0.25, 0.3) is 0 Å². The van der Waals surface area contributed by atoms with Crippen molar-refractivity contribution in [3.63, 3.8) is 0 Å². The van der Waals surface area contributed by atoms with Crippen LogP contribution in [0.2, 0.25) is 0 Å². The van der Waals surface area contributed by atoms with Gasteiger partial charge in [-0.25, -0.2) is 8.78 Å². The van der Waals surface area contributed by atoms with Crippen LogP contribution in [0.5, 0.6) is 0 Å². The normalized spacial score (nSPS) is 13.6. The maximum absolute atomic E-state index is 13.4. The van der Waals surface area contributed by atoms with Gasteiger partial charge in [-0.15, -0.1) is 0 Å². The summed E-state index contributed by atoms with van der Waals surface area (Å²) in [5.41, 5.74) is -0.658. The predicted octanol–water partition coefficient (Wildman–Crippen LogP) is 1.38. The number of nitrogens with zero attached hydrogens (tertiary/aromatic N) is 2. The molecule has 1 aromatic heterocycles. The molecule has 1 saturated carbocycles. The predicted molar refractivity (Wildman–Crippen MR) is 77.3 cm³/mol. The molecular formula is C15H14F2N4O3. The Morgan fingerprint density at radius 3 is 2.38 bits per heavy atom. The quantitative estimate of drug-likeness (QED) is 0.777. The van der Waals surface area contributed by atoms with Crippen molar-refractivity contribution in [3.8, 4) is 0 Å². The van der Waals surface area contributed by atoms with E-state index in [4.69, 9.17) is 4.52 Å². The van der Waals surface area contributed by atoms with Gasteiger partial charge < -0.3 is 15.2 Å². The number of hydrogen-bond acceptors (Lipinski definition) is 5. The van der Waals surface area contributed by atoms with Gasteiger partial charge in [0.15, 0.2) is 5.82 Å². The molecule has 0 saturated heterocycles. The number of nitrogens with one attached hydrogen (secondary N) is 2. The molecule has 2 aromatic rings. The van der Waals surface area contributed by atoms with Crippen LogP contribution in [0.4, 0.5) is 8.78 Å². The van der Waals surface area contributed by atoms with Crippen molar-refractivity contribution < 1.29 is 22.9 Å². The number of carbonyl (C=O) groups is 2. The minimum atomic E-state index is -0.949. The molecule has 3 rings (SSSR count). The summed E-state index contributed by atoms with van der Waals surface area (Å²) in [7, 11) is 0. The fraction of sp³-hybridized carbons (Fsp3) is 0.333. The molecule has 0 unspecified atom stereocenters. The minimum Gasteiger partial charge on any atom is -0.350 e. The van der Waals surface area contributed by atoms with Gasteiger partial charge in [0.05, 0.1) is 0 Å². The van der Waals surface area contributed by atoms with Crippen LogP contribution in [0.3, 0.4) is 0 Å². The van der Waals surface area contributed by atoms with Gasteiger partial charge in [-0.3, -0.25) is 9.59 Å². The molecule has 0 atom stereocenters. The molecule has 1 aliphatic carbocycles. The summed E-state index contributed by atoms with van der Waals surface area (Å²) in [5, 5.41) is 8.51. The lowest BCUT2D eigenvalue weighted by atomic mass is 10.2. The summed E-state index contributed by atoms with van der Waals surface area (Å²) in [6, 6.07) is 3.15. The third-order valence-corrected chi connectivity index (χ3v) is 3.46. The number of carbonyl (C=O) groups excluding carboxylic acids is 2. The van der Waals surface area contributed by atoms with E-state index in [1.807, 2.05) is 0 Å². The highest BCUT2D eigenvalue weighted by Crippen LogP contribution is 2.37. The lowest BCUT2D eigenvalue weighted by Gasteiger charge is -2.07. The zero-order valence-corrected chi connectivity index (χ0v) is 12.5. The van der Waals surface area contributed by atoms with Crippen LogP contribution in [0.15, 0.2) is 22.7 Å². The maximum Gasteiger partial charge on any atom is 0.315 e. The van der Waals surface area contributed by atoms with E-state index in [1.165, 1.54) is 6.07 Å². The Morgan fingerprint density at radius 2 is 1.75 bits per heavy atom. The molecule has 9 heteroatoms. The summed E-state index contributed by atoms with van der Waals surface area (Å²) in [4.78, 5) is 27.5. The third kappa shape index (κ3) is 3.55. The number of benzene rings is 1. The largest absolute Gasteiger partial charge is 0.350 e. The molecule has 0 aliphatic heterocycles. The van der Waals surface area contributed by atoms with E-state index in [2.05, 4.69) is 20.8 Å². The number of halogens is 2. The Hall–Kier alpha value is -2.84. The standard InChI is InChI=1S/C15H14F2N4O3/c16-9-2-1-3-10(17)11(9)13(22)18-6-7-19-14(23)15-20-12(21-24-15)8-4-5-8/h1-3,8H,4-7H2,(H,18,22)(H,19,23). The fourth-order valence-electron chi connectivity index (χ4n) is 2.07. The van der Waals surface area contributed by atoms with E-state index in [0.717, 1.165) is 25.0 Å². The van der Waals surface area contributed by atoms with Crippen molar-refractivity contribution in [3.05, 3.63) is 47.1 Å². The van der Waals surface area contributed by atoms with Crippen molar-refractivity contribution >= 4 is 11.8 Å². The monoisotopic (exact) mass is 336 g/mol. The second-order valence-corrected chi connectivity index (χ2v) is 5.34. The highest BCUT2D eigenvalue weighted by atomic mass is 19.1. The molecule has 1 aromatic carbocycles. The van der Waals surface area contributed by atoms with Crippen molar-refractivity contribution in [2.75, 3.05) is 13.1 Å². The lowest BCUT2D eigenvalue weighted by Crippen LogP contribution is -2.35. The lowest BCUT2D eigenvalue weighted by molar-refractivity contribution is 0.0896. The SMILES string of the molecule is O=C(NCCNC(=O)c1c(F)cccc1F)c1nc(C2CC2)no1. The molecule has 1 heterocycles. The molecule has 24 heavy (non-hydrogen) atoms. The molecule has 0 bridgehead atoms. The van der Waals surface area contributed by atoms with E-state index < -0.39 is 29.0 Å². The van der Waals surface area contributed by atoms with E-state index in [9.17, 15) is 18.4 Å². The van der Waals surface area contributed by atoms with Gasteiger partial charge >= 0.3 is 11.8 Å². The number of hydrogen-bond donors (Lipinski definition) is 2. The zero-order valence-electron chi connectivity index (χ0n) is 12.5. The van der Waals surface area contributed by atoms with Crippen molar-refractivity contribution in [2.45, 2.75) is 18.8 Å². The molecule has 7 nitrogen and oxygen atoms in total. The summed E-state index contributed by atoms with van der Waals surface area (Å²) in [6.45, 7) is 0.0315. The molecule has 2 N–H and O–H groups in total. The van der Waals surface area contributed by atoms with E-state index >= 15 is 0 Å². The number of aromatic nitrogens is 2. The first-order chi connectivity index (χ1) is 11.6. The Bertz CT molecular complexity index is 754. The van der Waals surface area contributed by atoms with Gasteiger partial charge in [0, 0.05) is 19.0 Å². The zero-order chi connectivity index (χ0) is 17.1. The fourth-order valence-corrected chi connectivity index (χ4v) is 2.07. The second kappa shape index (κ2) is 6.73. The average Bonchev–Trinajstić information content (AvgIpc) is 3.28. The van der Waals surface area contributed by atoms with Gasteiger partial charge in [-0.1, -0.05) is 11.2 Å². The van der Waals surface area contributed by atoms with E-state index in [0.29, 0.717) is 5.82 Å². The summed E-state index contributed by atoms with van der Waals surface area (Å²) >= 11 is 0. The maximum atomic E-state index is 13.4. The van der Waals surface area contributed by atoms with Gasteiger partial charge in [-0.05, 0) is 25.0 Å². The summed E-state index contributed by atoms with van der Waals surface area (Å²) < 4.78 is 31.7. The molecule has 0 radical (unpaired) electrons.